The molecule has 0 aromatic carbocycles. The van der Waals surface area contributed by atoms with Gasteiger partial charge in [0.25, 0.3) is 0 Å². The number of thioether (sulfide) groups is 1. The third-order valence-electron chi connectivity index (χ3n) is 4.15. The Hall–Kier alpha value is -1.87. The average molecular weight is 350 g/mol. The van der Waals surface area contributed by atoms with E-state index in [0.29, 0.717) is 11.7 Å². The number of aromatic nitrogens is 4. The molecule has 3 rings (SSSR count). The minimum absolute atomic E-state index is 0.142. The summed E-state index contributed by atoms with van der Waals surface area (Å²) in [5.74, 6) is 0.919. The van der Waals surface area contributed by atoms with E-state index in [4.69, 9.17) is 4.42 Å². The van der Waals surface area contributed by atoms with Crippen LogP contribution in [0.25, 0.3) is 0 Å². The van der Waals surface area contributed by atoms with E-state index in [2.05, 4.69) is 27.3 Å². The quantitative estimate of drug-likeness (QED) is 0.718. The molecule has 1 fully saturated rings. The first-order chi connectivity index (χ1) is 11.7. The zero-order chi connectivity index (χ0) is 16.9. The van der Waals surface area contributed by atoms with Gasteiger partial charge in [-0.3, -0.25) is 4.79 Å². The van der Waals surface area contributed by atoms with Gasteiger partial charge in [-0.1, -0.05) is 18.7 Å². The Morgan fingerprint density at radius 1 is 1.38 bits per heavy atom. The van der Waals surface area contributed by atoms with Crippen LogP contribution in [0.1, 0.15) is 19.6 Å². The fourth-order valence-corrected chi connectivity index (χ4v) is 3.55. The summed E-state index contributed by atoms with van der Waals surface area (Å²) in [6.07, 6.45) is 1.62. The number of carbonyl (C=O) groups excluding carboxylic acids is 1. The fraction of sp³-hybridized carbons (Fsp3) is 0.600. The standard InChI is InChI=1S/C15H22N6O2S/c1-3-19-6-8-20(9-7-19)14(22)12(2)24-15-16-17-18-21(15)11-13-5-4-10-23-13/h4-5,10,12H,3,6-9,11H2,1-2H3. The Bertz CT molecular complexity index is 651. The summed E-state index contributed by atoms with van der Waals surface area (Å²) in [7, 11) is 0. The highest BCUT2D eigenvalue weighted by molar-refractivity contribution is 8.00. The van der Waals surface area contributed by atoms with Gasteiger partial charge in [0.2, 0.25) is 11.1 Å². The summed E-state index contributed by atoms with van der Waals surface area (Å²) in [5, 5.41) is 12.1. The number of hydrogen-bond donors (Lipinski definition) is 0. The van der Waals surface area contributed by atoms with Crippen LogP contribution in [0.4, 0.5) is 0 Å². The lowest BCUT2D eigenvalue weighted by Gasteiger charge is -2.35. The number of carbonyl (C=O) groups is 1. The maximum atomic E-state index is 12.6. The van der Waals surface area contributed by atoms with Gasteiger partial charge in [-0.25, -0.2) is 4.68 Å². The molecule has 0 saturated carbocycles. The van der Waals surface area contributed by atoms with E-state index in [1.807, 2.05) is 24.0 Å². The lowest BCUT2D eigenvalue weighted by atomic mass is 10.3. The van der Waals surface area contributed by atoms with Crippen LogP contribution in [-0.4, -0.2) is 73.9 Å². The molecule has 0 radical (unpaired) electrons. The molecule has 0 spiro atoms. The van der Waals surface area contributed by atoms with Gasteiger partial charge in [0.1, 0.15) is 12.3 Å². The molecular weight excluding hydrogens is 328 g/mol. The largest absolute Gasteiger partial charge is 0.467 e. The average Bonchev–Trinajstić information content (AvgIpc) is 3.27. The number of nitrogens with zero attached hydrogens (tertiary/aromatic N) is 6. The molecule has 130 valence electrons. The minimum Gasteiger partial charge on any atom is -0.467 e. The predicted octanol–water partition coefficient (Wildman–Crippen LogP) is 0.959. The molecular formula is C15H22N6O2S. The molecule has 9 heteroatoms. The molecule has 0 bridgehead atoms. The van der Waals surface area contributed by atoms with E-state index in [-0.39, 0.29) is 11.2 Å². The molecule has 0 aliphatic carbocycles. The maximum Gasteiger partial charge on any atom is 0.235 e. The van der Waals surface area contributed by atoms with Crippen molar-refractivity contribution in [2.45, 2.75) is 30.8 Å². The number of hydrogen-bond acceptors (Lipinski definition) is 7. The highest BCUT2D eigenvalue weighted by Gasteiger charge is 2.26. The van der Waals surface area contributed by atoms with Crippen molar-refractivity contribution in [3.05, 3.63) is 24.2 Å². The third kappa shape index (κ3) is 3.96. The molecule has 2 aromatic rings. The first kappa shape index (κ1) is 17.0. The van der Waals surface area contributed by atoms with E-state index in [9.17, 15) is 4.79 Å². The smallest absolute Gasteiger partial charge is 0.235 e. The first-order valence-electron chi connectivity index (χ1n) is 8.13. The molecule has 1 unspecified atom stereocenters. The normalized spacial score (nSPS) is 17.2. The van der Waals surface area contributed by atoms with Gasteiger partial charge < -0.3 is 14.2 Å². The fourth-order valence-electron chi connectivity index (χ4n) is 2.68. The number of likely N-dealkylation sites (N-methyl/N-ethyl adjacent to an activating group) is 1. The lowest BCUT2D eigenvalue weighted by Crippen LogP contribution is -2.50. The highest BCUT2D eigenvalue weighted by Crippen LogP contribution is 2.23. The van der Waals surface area contributed by atoms with Crippen molar-refractivity contribution in [1.29, 1.82) is 0 Å². The zero-order valence-corrected chi connectivity index (χ0v) is 14.8. The van der Waals surface area contributed by atoms with Crippen LogP contribution < -0.4 is 0 Å². The Labute approximate surface area is 145 Å². The molecule has 1 saturated heterocycles. The van der Waals surface area contributed by atoms with Crippen LogP contribution in [0.3, 0.4) is 0 Å². The Morgan fingerprint density at radius 2 is 2.17 bits per heavy atom. The number of furan rings is 1. The second-order valence-corrected chi connectivity index (χ2v) is 7.03. The van der Waals surface area contributed by atoms with Gasteiger partial charge in [-0.15, -0.1) is 5.10 Å². The van der Waals surface area contributed by atoms with Gasteiger partial charge in [0.05, 0.1) is 11.5 Å². The SMILES string of the molecule is CCN1CCN(C(=O)C(C)Sc2nnnn2Cc2ccco2)CC1. The topological polar surface area (TPSA) is 80.3 Å². The Morgan fingerprint density at radius 3 is 2.83 bits per heavy atom. The summed E-state index contributed by atoms with van der Waals surface area (Å²) >= 11 is 1.39. The molecule has 1 aliphatic rings. The van der Waals surface area contributed by atoms with Gasteiger partial charge in [-0.2, -0.15) is 0 Å². The third-order valence-corrected chi connectivity index (χ3v) is 5.20. The number of rotatable bonds is 6. The summed E-state index contributed by atoms with van der Waals surface area (Å²) in [6.45, 7) is 9.00. The van der Waals surface area contributed by atoms with Crippen LogP contribution >= 0.6 is 11.8 Å². The van der Waals surface area contributed by atoms with Gasteiger partial charge >= 0.3 is 0 Å². The summed E-state index contributed by atoms with van der Waals surface area (Å²) in [5.41, 5.74) is 0. The molecule has 2 aromatic heterocycles. The lowest BCUT2D eigenvalue weighted by molar-refractivity contribution is -0.132. The summed E-state index contributed by atoms with van der Waals surface area (Å²) in [4.78, 5) is 16.9. The monoisotopic (exact) mass is 350 g/mol. The van der Waals surface area contributed by atoms with Crippen molar-refractivity contribution < 1.29 is 9.21 Å². The molecule has 0 N–H and O–H groups in total. The number of piperazine rings is 1. The van der Waals surface area contributed by atoms with Crippen molar-refractivity contribution in [3.8, 4) is 0 Å². The summed E-state index contributed by atoms with van der Waals surface area (Å²) in [6, 6.07) is 3.70. The Balaban J connectivity index is 1.58. The van der Waals surface area contributed by atoms with Crippen molar-refractivity contribution in [2.75, 3.05) is 32.7 Å². The zero-order valence-electron chi connectivity index (χ0n) is 14.0. The van der Waals surface area contributed by atoms with Crippen LogP contribution in [0.5, 0.6) is 0 Å². The van der Waals surface area contributed by atoms with Crippen LogP contribution in [0.15, 0.2) is 28.0 Å². The molecule has 8 nitrogen and oxygen atoms in total. The second kappa shape index (κ2) is 7.80. The number of amides is 1. The van der Waals surface area contributed by atoms with E-state index in [1.165, 1.54) is 11.8 Å². The van der Waals surface area contributed by atoms with E-state index in [1.54, 1.807) is 10.9 Å². The highest BCUT2D eigenvalue weighted by atomic mass is 32.2. The molecule has 3 heterocycles. The first-order valence-corrected chi connectivity index (χ1v) is 9.01. The van der Waals surface area contributed by atoms with Crippen LogP contribution in [0.2, 0.25) is 0 Å². The van der Waals surface area contributed by atoms with Gasteiger partial charge in [0, 0.05) is 26.2 Å². The van der Waals surface area contributed by atoms with Crippen LogP contribution in [0, 0.1) is 0 Å². The predicted molar refractivity (Wildman–Crippen MR) is 89.6 cm³/mol. The van der Waals surface area contributed by atoms with Crippen molar-refractivity contribution in [2.24, 2.45) is 0 Å². The minimum atomic E-state index is -0.223. The van der Waals surface area contributed by atoms with E-state index < -0.39 is 0 Å². The van der Waals surface area contributed by atoms with Crippen molar-refractivity contribution in [1.82, 2.24) is 30.0 Å². The maximum absolute atomic E-state index is 12.6. The Kier molecular flexibility index (Phi) is 5.52. The molecule has 1 amide bonds. The number of tetrazole rings is 1. The van der Waals surface area contributed by atoms with Crippen LogP contribution in [-0.2, 0) is 11.3 Å². The second-order valence-electron chi connectivity index (χ2n) is 5.72. The van der Waals surface area contributed by atoms with Crippen molar-refractivity contribution in [3.63, 3.8) is 0 Å². The van der Waals surface area contributed by atoms with Gasteiger partial charge in [0.15, 0.2) is 0 Å². The van der Waals surface area contributed by atoms with Gasteiger partial charge in [-0.05, 0) is 36.0 Å². The molecule has 24 heavy (non-hydrogen) atoms. The summed E-state index contributed by atoms with van der Waals surface area (Å²) < 4.78 is 6.98. The molecule has 1 aliphatic heterocycles. The van der Waals surface area contributed by atoms with Crippen molar-refractivity contribution >= 4 is 17.7 Å². The van der Waals surface area contributed by atoms with E-state index >= 15 is 0 Å². The van der Waals surface area contributed by atoms with E-state index in [0.717, 1.165) is 38.5 Å². The molecule has 1 atom stereocenters.